The molecule has 9 heteroatoms. The van der Waals surface area contributed by atoms with Crippen LogP contribution in [0.15, 0.2) is 53.3 Å². The summed E-state index contributed by atoms with van der Waals surface area (Å²) in [6, 6.07) is 13.2. The number of aromatic amines is 1. The Kier molecular flexibility index (Phi) is 5.92. The van der Waals surface area contributed by atoms with Crippen molar-refractivity contribution < 1.29 is 14.0 Å². The van der Waals surface area contributed by atoms with Gasteiger partial charge in [-0.05, 0) is 30.3 Å². The Morgan fingerprint density at radius 2 is 1.68 bits per heavy atom. The van der Waals surface area contributed by atoms with E-state index in [1.54, 1.807) is 41.3 Å². The summed E-state index contributed by atoms with van der Waals surface area (Å²) in [6.07, 6.45) is -0.0388. The number of nitrogens with one attached hydrogen (secondary N) is 2. The summed E-state index contributed by atoms with van der Waals surface area (Å²) in [5, 5.41) is 10.1. The Balaban J connectivity index is 1.28. The Bertz CT molecular complexity index is 1150. The van der Waals surface area contributed by atoms with Crippen molar-refractivity contribution in [2.75, 3.05) is 37.6 Å². The van der Waals surface area contributed by atoms with Crippen molar-refractivity contribution in [2.45, 2.75) is 6.42 Å². The molecule has 0 atom stereocenters. The second-order valence-electron chi connectivity index (χ2n) is 7.34. The van der Waals surface area contributed by atoms with Gasteiger partial charge in [0, 0.05) is 37.3 Å². The molecule has 2 heterocycles. The summed E-state index contributed by atoms with van der Waals surface area (Å²) in [6.45, 7) is 2.23. The largest absolute Gasteiger partial charge is 0.368 e. The van der Waals surface area contributed by atoms with Gasteiger partial charge in [-0.3, -0.25) is 14.4 Å². The SMILES string of the molecule is O=C(Cc1n[nH]c(=O)c2ccccc12)NCC(=O)N1CCN(c2ccc(F)cc2)CC1. The quantitative estimate of drug-likeness (QED) is 0.640. The van der Waals surface area contributed by atoms with Crippen LogP contribution in [0, 0.1) is 5.82 Å². The third kappa shape index (κ3) is 4.71. The van der Waals surface area contributed by atoms with Crippen LogP contribution in [0.5, 0.6) is 0 Å². The number of fused-ring (bicyclic) bond motifs is 1. The lowest BCUT2D eigenvalue weighted by atomic mass is 10.1. The predicted octanol–water partition coefficient (Wildman–Crippen LogP) is 1.07. The molecule has 1 saturated heterocycles. The standard InChI is InChI=1S/C22H22FN5O3/c23-15-5-7-16(8-6-15)27-9-11-28(12-10-27)21(30)14-24-20(29)13-19-17-3-1-2-4-18(17)22(31)26-25-19/h1-8H,9-14H2,(H,24,29)(H,26,31). The molecule has 2 N–H and O–H groups in total. The van der Waals surface area contributed by atoms with E-state index in [2.05, 4.69) is 20.4 Å². The second kappa shape index (κ2) is 8.95. The molecule has 8 nitrogen and oxygen atoms in total. The predicted molar refractivity (Wildman–Crippen MR) is 114 cm³/mol. The van der Waals surface area contributed by atoms with Crippen LogP contribution in [0.25, 0.3) is 10.8 Å². The van der Waals surface area contributed by atoms with Crippen LogP contribution < -0.4 is 15.8 Å². The number of amides is 2. The van der Waals surface area contributed by atoms with E-state index in [0.717, 1.165) is 5.69 Å². The van der Waals surface area contributed by atoms with Crippen LogP contribution in [0.1, 0.15) is 5.69 Å². The van der Waals surface area contributed by atoms with Gasteiger partial charge in [-0.25, -0.2) is 9.49 Å². The van der Waals surface area contributed by atoms with Gasteiger partial charge in [0.2, 0.25) is 11.8 Å². The normalized spacial score (nSPS) is 14.0. The molecule has 4 rings (SSSR count). The third-order valence-electron chi connectivity index (χ3n) is 5.36. The van der Waals surface area contributed by atoms with Crippen molar-refractivity contribution in [1.82, 2.24) is 20.4 Å². The molecule has 0 bridgehead atoms. The highest BCUT2D eigenvalue weighted by molar-refractivity contribution is 5.90. The lowest BCUT2D eigenvalue weighted by Crippen LogP contribution is -2.51. The van der Waals surface area contributed by atoms with Crippen molar-refractivity contribution in [3.63, 3.8) is 0 Å². The molecule has 0 saturated carbocycles. The van der Waals surface area contributed by atoms with Gasteiger partial charge in [-0.15, -0.1) is 0 Å². The summed E-state index contributed by atoms with van der Waals surface area (Å²) in [5.74, 6) is -0.784. The number of H-pyrrole nitrogens is 1. The first-order chi connectivity index (χ1) is 15.0. The Morgan fingerprint density at radius 1 is 1.00 bits per heavy atom. The average molecular weight is 423 g/mol. The Labute approximate surface area is 177 Å². The van der Waals surface area contributed by atoms with Gasteiger partial charge in [0.15, 0.2) is 0 Å². The van der Waals surface area contributed by atoms with Gasteiger partial charge in [-0.1, -0.05) is 18.2 Å². The number of carbonyl (C=O) groups is 2. The zero-order valence-corrected chi connectivity index (χ0v) is 16.8. The molecule has 3 aromatic rings. The maximum Gasteiger partial charge on any atom is 0.272 e. The summed E-state index contributed by atoms with van der Waals surface area (Å²) in [5.41, 5.74) is 1.06. The van der Waals surface area contributed by atoms with Gasteiger partial charge in [-0.2, -0.15) is 5.10 Å². The lowest BCUT2D eigenvalue weighted by molar-refractivity contribution is -0.133. The van der Waals surface area contributed by atoms with E-state index in [1.165, 1.54) is 12.1 Å². The maximum absolute atomic E-state index is 13.1. The number of carbonyl (C=O) groups excluding carboxylic acids is 2. The van der Waals surface area contributed by atoms with Crippen LogP contribution in [-0.4, -0.2) is 59.6 Å². The van der Waals surface area contributed by atoms with Gasteiger partial charge in [0.1, 0.15) is 5.82 Å². The molecule has 0 radical (unpaired) electrons. The molecule has 0 unspecified atom stereocenters. The Morgan fingerprint density at radius 3 is 2.39 bits per heavy atom. The van der Waals surface area contributed by atoms with Crippen molar-refractivity contribution in [3.8, 4) is 0 Å². The molecule has 1 aliphatic rings. The van der Waals surface area contributed by atoms with Crippen LogP contribution in [0.4, 0.5) is 10.1 Å². The number of benzene rings is 2. The number of rotatable bonds is 5. The summed E-state index contributed by atoms with van der Waals surface area (Å²) < 4.78 is 13.1. The summed E-state index contributed by atoms with van der Waals surface area (Å²) >= 11 is 0. The zero-order valence-electron chi connectivity index (χ0n) is 16.8. The number of aromatic nitrogens is 2. The van der Waals surface area contributed by atoms with Crippen LogP contribution in [-0.2, 0) is 16.0 Å². The number of hydrogen-bond donors (Lipinski definition) is 2. The molecule has 1 aliphatic heterocycles. The highest BCUT2D eigenvalue weighted by Gasteiger charge is 2.22. The van der Waals surface area contributed by atoms with Crippen molar-refractivity contribution in [2.24, 2.45) is 0 Å². The molecule has 1 fully saturated rings. The van der Waals surface area contributed by atoms with Gasteiger partial charge < -0.3 is 15.1 Å². The number of halogens is 1. The molecule has 31 heavy (non-hydrogen) atoms. The van der Waals surface area contributed by atoms with Gasteiger partial charge >= 0.3 is 0 Å². The number of anilines is 1. The van der Waals surface area contributed by atoms with E-state index in [0.29, 0.717) is 42.6 Å². The molecule has 0 spiro atoms. The first-order valence-electron chi connectivity index (χ1n) is 10.0. The van der Waals surface area contributed by atoms with E-state index >= 15 is 0 Å². The van der Waals surface area contributed by atoms with E-state index in [4.69, 9.17) is 0 Å². The molecule has 160 valence electrons. The van der Waals surface area contributed by atoms with E-state index in [-0.39, 0.29) is 36.2 Å². The molecule has 2 aromatic carbocycles. The first-order valence-corrected chi connectivity index (χ1v) is 10.0. The smallest absolute Gasteiger partial charge is 0.272 e. The minimum absolute atomic E-state index is 0.0388. The highest BCUT2D eigenvalue weighted by atomic mass is 19.1. The minimum Gasteiger partial charge on any atom is -0.368 e. The average Bonchev–Trinajstić information content (AvgIpc) is 2.80. The number of nitrogens with zero attached hydrogens (tertiary/aromatic N) is 3. The molecular weight excluding hydrogens is 401 g/mol. The third-order valence-corrected chi connectivity index (χ3v) is 5.36. The second-order valence-corrected chi connectivity index (χ2v) is 7.34. The van der Waals surface area contributed by atoms with Crippen LogP contribution in [0.3, 0.4) is 0 Å². The lowest BCUT2D eigenvalue weighted by Gasteiger charge is -2.36. The van der Waals surface area contributed by atoms with E-state index < -0.39 is 0 Å². The van der Waals surface area contributed by atoms with Crippen molar-refractivity contribution in [1.29, 1.82) is 0 Å². The van der Waals surface area contributed by atoms with Crippen LogP contribution >= 0.6 is 0 Å². The van der Waals surface area contributed by atoms with E-state index in [9.17, 15) is 18.8 Å². The highest BCUT2D eigenvalue weighted by Crippen LogP contribution is 2.17. The molecule has 0 aliphatic carbocycles. The number of piperazine rings is 1. The zero-order chi connectivity index (χ0) is 21.8. The molecule has 1 aromatic heterocycles. The maximum atomic E-state index is 13.1. The number of hydrogen-bond acceptors (Lipinski definition) is 5. The van der Waals surface area contributed by atoms with E-state index in [1.807, 2.05) is 0 Å². The van der Waals surface area contributed by atoms with Crippen LogP contribution in [0.2, 0.25) is 0 Å². The van der Waals surface area contributed by atoms with Crippen molar-refractivity contribution in [3.05, 3.63) is 70.4 Å². The summed E-state index contributed by atoms with van der Waals surface area (Å²) in [7, 11) is 0. The fourth-order valence-corrected chi connectivity index (χ4v) is 3.67. The molecule has 2 amide bonds. The monoisotopic (exact) mass is 423 g/mol. The minimum atomic E-state index is -0.344. The first kappa shape index (κ1) is 20.5. The Hall–Kier alpha value is -3.75. The van der Waals surface area contributed by atoms with Gasteiger partial charge in [0.25, 0.3) is 5.56 Å². The fraction of sp³-hybridized carbons (Fsp3) is 0.273. The van der Waals surface area contributed by atoms with Gasteiger partial charge in [0.05, 0.1) is 24.0 Å². The summed E-state index contributed by atoms with van der Waals surface area (Å²) in [4.78, 5) is 40.5. The van der Waals surface area contributed by atoms with Crippen molar-refractivity contribution >= 4 is 28.3 Å². The fourth-order valence-electron chi connectivity index (χ4n) is 3.67. The topological polar surface area (TPSA) is 98.4 Å². The molecular formula is C22H22FN5O3.